The van der Waals surface area contributed by atoms with Crippen LogP contribution >= 0.6 is 11.6 Å². The Balaban J connectivity index is 1.14. The number of nitrogens with one attached hydrogen (secondary N) is 3. The van der Waals surface area contributed by atoms with Crippen molar-refractivity contribution in [3.05, 3.63) is 106 Å². The van der Waals surface area contributed by atoms with Crippen molar-refractivity contribution in [3.63, 3.8) is 0 Å². The number of amides is 2. The van der Waals surface area contributed by atoms with Crippen LogP contribution in [0.5, 0.6) is 0 Å². The van der Waals surface area contributed by atoms with Crippen LogP contribution < -0.4 is 5.32 Å². The van der Waals surface area contributed by atoms with Gasteiger partial charge in [0, 0.05) is 64.7 Å². The Kier molecular flexibility index (Phi) is 9.61. The van der Waals surface area contributed by atoms with Crippen molar-refractivity contribution >= 4 is 45.2 Å². The molecule has 0 aliphatic carbocycles. The number of nitrogens with zero attached hydrogens (tertiary/aromatic N) is 2. The summed E-state index contributed by atoms with van der Waals surface area (Å²) in [5.41, 5.74) is 3.34. The lowest BCUT2D eigenvalue weighted by Gasteiger charge is -2.32. The van der Waals surface area contributed by atoms with Gasteiger partial charge in [0.15, 0.2) is 0 Å². The topological polar surface area (TPSA) is 84.2 Å². The average Bonchev–Trinajstić information content (AvgIpc) is 3.64. The van der Waals surface area contributed by atoms with E-state index in [0.717, 1.165) is 59.4 Å². The number of hydrogen-bond donors (Lipinski definition) is 3. The van der Waals surface area contributed by atoms with Crippen molar-refractivity contribution in [2.75, 3.05) is 26.2 Å². The third kappa shape index (κ3) is 7.82. The highest BCUT2D eigenvalue weighted by molar-refractivity contribution is 6.31. The van der Waals surface area contributed by atoms with Crippen molar-refractivity contribution < 1.29 is 22.8 Å². The number of halogens is 4. The van der Waals surface area contributed by atoms with Gasteiger partial charge >= 0.3 is 6.18 Å². The first kappa shape index (κ1) is 32.7. The molecule has 7 nitrogen and oxygen atoms in total. The Labute approximate surface area is 276 Å². The smallest absolute Gasteiger partial charge is 0.361 e. The van der Waals surface area contributed by atoms with E-state index < -0.39 is 17.8 Å². The second-order valence-corrected chi connectivity index (χ2v) is 12.8. The highest BCUT2D eigenvalue weighted by Crippen LogP contribution is 2.33. The fourth-order valence-electron chi connectivity index (χ4n) is 6.66. The molecule has 0 unspecified atom stereocenters. The van der Waals surface area contributed by atoms with E-state index in [2.05, 4.69) is 26.3 Å². The zero-order chi connectivity index (χ0) is 33.1. The third-order valence-electron chi connectivity index (χ3n) is 9.07. The molecule has 3 aromatic carbocycles. The highest BCUT2D eigenvalue weighted by Gasteiger charge is 2.34. The van der Waals surface area contributed by atoms with Gasteiger partial charge in [0.2, 0.25) is 11.8 Å². The van der Waals surface area contributed by atoms with Crippen LogP contribution in [0.4, 0.5) is 13.2 Å². The number of piperidine rings is 1. The number of aromatic amines is 2. The number of para-hydroxylation sites is 1. The molecule has 3 heterocycles. The van der Waals surface area contributed by atoms with E-state index >= 15 is 0 Å². The van der Waals surface area contributed by atoms with Crippen molar-refractivity contribution in [1.82, 2.24) is 25.1 Å². The fraction of sp³-hybridized carbons (Fsp3) is 0.333. The van der Waals surface area contributed by atoms with Gasteiger partial charge in [0.25, 0.3) is 0 Å². The molecule has 3 N–H and O–H groups in total. The molecule has 1 fully saturated rings. The number of alkyl halides is 3. The number of likely N-dealkylation sites (tertiary alicyclic amines) is 1. The summed E-state index contributed by atoms with van der Waals surface area (Å²) in [4.78, 5) is 36.5. The molecule has 2 aromatic heterocycles. The standard InChI is InChI=1S/C36H37ClF3N5O2/c1-23(46)45(20-25-6-2-4-8-31(25)36(38,39)40)21-29(17-27-19-41-33-9-5-3-7-30(27)33)42-35(47)22-44-14-12-24(13-15-44)34-18-26-16-28(37)10-11-32(26)43-34/h2-11,16,18-19,24,29,41,43H,12-15,17,20-22H2,1H3,(H,42,47)/t29-/m1/s1. The first-order valence-electron chi connectivity index (χ1n) is 15.8. The summed E-state index contributed by atoms with van der Waals surface area (Å²) in [7, 11) is 0. The van der Waals surface area contributed by atoms with Crippen molar-refractivity contribution in [2.24, 2.45) is 0 Å². The van der Waals surface area contributed by atoms with Crippen LogP contribution in [0.15, 0.2) is 79.0 Å². The summed E-state index contributed by atoms with van der Waals surface area (Å²) in [5.74, 6) is -0.215. The number of carbonyl (C=O) groups excluding carboxylic acids is 2. The van der Waals surface area contributed by atoms with Gasteiger partial charge < -0.3 is 20.2 Å². The summed E-state index contributed by atoms with van der Waals surface area (Å²) in [5, 5.41) is 5.89. The number of aromatic nitrogens is 2. The molecule has 0 saturated carbocycles. The number of fused-ring (bicyclic) bond motifs is 2. The van der Waals surface area contributed by atoms with Crippen LogP contribution in [0.2, 0.25) is 5.02 Å². The van der Waals surface area contributed by atoms with Crippen molar-refractivity contribution in [2.45, 2.75) is 50.9 Å². The summed E-state index contributed by atoms with van der Waals surface area (Å²) >= 11 is 6.16. The summed E-state index contributed by atoms with van der Waals surface area (Å²) in [6, 6.07) is 20.5. The maximum absolute atomic E-state index is 13.8. The lowest BCUT2D eigenvalue weighted by molar-refractivity contribution is -0.139. The predicted octanol–water partition coefficient (Wildman–Crippen LogP) is 7.28. The van der Waals surface area contributed by atoms with Gasteiger partial charge in [-0.05, 0) is 79.9 Å². The van der Waals surface area contributed by atoms with E-state index in [4.69, 9.17) is 11.6 Å². The van der Waals surface area contributed by atoms with E-state index in [1.54, 1.807) is 0 Å². The average molecular weight is 664 g/mol. The molecule has 6 rings (SSSR count). The number of hydrogen-bond acceptors (Lipinski definition) is 3. The number of H-pyrrole nitrogens is 2. The zero-order valence-corrected chi connectivity index (χ0v) is 26.8. The lowest BCUT2D eigenvalue weighted by atomic mass is 9.93. The van der Waals surface area contributed by atoms with Gasteiger partial charge in [-0.2, -0.15) is 13.2 Å². The highest BCUT2D eigenvalue weighted by atomic mass is 35.5. The van der Waals surface area contributed by atoms with Gasteiger partial charge in [-0.3, -0.25) is 14.5 Å². The van der Waals surface area contributed by atoms with Crippen LogP contribution in [0, 0.1) is 0 Å². The van der Waals surface area contributed by atoms with Crippen LogP contribution in [0.1, 0.15) is 48.1 Å². The minimum absolute atomic E-state index is 0.00769. The molecule has 1 saturated heterocycles. The predicted molar refractivity (Wildman–Crippen MR) is 178 cm³/mol. The van der Waals surface area contributed by atoms with Crippen LogP contribution in [-0.4, -0.2) is 63.8 Å². The van der Waals surface area contributed by atoms with Gasteiger partial charge in [0.05, 0.1) is 18.2 Å². The molecule has 246 valence electrons. The van der Waals surface area contributed by atoms with E-state index in [9.17, 15) is 22.8 Å². The normalized spacial score (nSPS) is 15.3. The molecule has 0 spiro atoms. The van der Waals surface area contributed by atoms with Crippen LogP contribution in [0.3, 0.4) is 0 Å². The number of carbonyl (C=O) groups is 2. The van der Waals surface area contributed by atoms with E-state index in [-0.39, 0.29) is 37.0 Å². The van der Waals surface area contributed by atoms with Crippen molar-refractivity contribution in [1.29, 1.82) is 0 Å². The molecule has 5 aromatic rings. The maximum Gasteiger partial charge on any atom is 0.416 e. The van der Waals surface area contributed by atoms with Gasteiger partial charge in [-0.25, -0.2) is 0 Å². The van der Waals surface area contributed by atoms with Gasteiger partial charge in [-0.1, -0.05) is 48.0 Å². The van der Waals surface area contributed by atoms with E-state index in [0.29, 0.717) is 17.4 Å². The first-order valence-corrected chi connectivity index (χ1v) is 16.2. The third-order valence-corrected chi connectivity index (χ3v) is 9.31. The molecule has 1 aliphatic heterocycles. The molecule has 0 radical (unpaired) electrons. The van der Waals surface area contributed by atoms with Crippen molar-refractivity contribution in [3.8, 4) is 0 Å². The molecule has 0 bridgehead atoms. The maximum atomic E-state index is 13.8. The van der Waals surface area contributed by atoms with E-state index in [1.807, 2.05) is 48.7 Å². The largest absolute Gasteiger partial charge is 0.416 e. The summed E-state index contributed by atoms with van der Waals surface area (Å²) < 4.78 is 41.3. The molecule has 2 amide bonds. The Morgan fingerprint density at radius 3 is 2.51 bits per heavy atom. The monoisotopic (exact) mass is 663 g/mol. The Morgan fingerprint density at radius 2 is 1.74 bits per heavy atom. The molecule has 1 atom stereocenters. The molecule has 47 heavy (non-hydrogen) atoms. The van der Waals surface area contributed by atoms with Crippen LogP contribution in [-0.2, 0) is 28.7 Å². The Morgan fingerprint density at radius 1 is 1.00 bits per heavy atom. The second kappa shape index (κ2) is 13.8. The number of rotatable bonds is 10. The lowest BCUT2D eigenvalue weighted by Crippen LogP contribution is -2.49. The second-order valence-electron chi connectivity index (χ2n) is 12.4. The minimum atomic E-state index is -4.55. The summed E-state index contributed by atoms with van der Waals surface area (Å²) in [6.07, 6.45) is -0.491. The SMILES string of the molecule is CC(=O)N(Cc1ccccc1C(F)(F)F)C[C@@H](Cc1c[nH]c2ccccc12)NC(=O)CN1CCC(c2cc3cc(Cl)ccc3[nH]2)CC1. The quantitative estimate of drug-likeness (QED) is 0.147. The van der Waals surface area contributed by atoms with Gasteiger partial charge in [0.1, 0.15) is 0 Å². The Bertz CT molecular complexity index is 1880. The molecular weight excluding hydrogens is 627 g/mol. The zero-order valence-electron chi connectivity index (χ0n) is 26.0. The van der Waals surface area contributed by atoms with E-state index in [1.165, 1.54) is 35.7 Å². The summed E-state index contributed by atoms with van der Waals surface area (Å²) in [6.45, 7) is 2.85. The number of benzene rings is 3. The molecular formula is C36H37ClF3N5O2. The minimum Gasteiger partial charge on any atom is -0.361 e. The fourth-order valence-corrected chi connectivity index (χ4v) is 6.84. The molecule has 1 aliphatic rings. The first-order chi connectivity index (χ1) is 22.5. The Hall–Kier alpha value is -4.28. The van der Waals surface area contributed by atoms with Crippen LogP contribution in [0.25, 0.3) is 21.8 Å². The van der Waals surface area contributed by atoms with Gasteiger partial charge in [-0.15, -0.1) is 0 Å². The molecule has 11 heteroatoms.